The lowest BCUT2D eigenvalue weighted by molar-refractivity contribution is -0.141. The van der Waals surface area contributed by atoms with Gasteiger partial charge in [-0.15, -0.1) is 5.10 Å². The van der Waals surface area contributed by atoms with E-state index < -0.39 is 24.0 Å². The molecular formula is C34H34F3N5O2S. The quantitative estimate of drug-likeness (QED) is 0.203. The maximum atomic E-state index is 13.7. The molecule has 0 radical (unpaired) electrons. The average Bonchev–Trinajstić information content (AvgIpc) is 3.66. The van der Waals surface area contributed by atoms with Gasteiger partial charge < -0.3 is 15.5 Å². The largest absolute Gasteiger partial charge is 0.405 e. The second-order valence-electron chi connectivity index (χ2n) is 11.7. The normalized spacial score (nSPS) is 16.2. The zero-order chi connectivity index (χ0) is 31.4. The van der Waals surface area contributed by atoms with Crippen molar-refractivity contribution in [2.24, 2.45) is 0 Å². The van der Waals surface area contributed by atoms with Crippen LogP contribution in [0.4, 0.5) is 13.2 Å². The van der Waals surface area contributed by atoms with E-state index in [9.17, 15) is 22.8 Å². The van der Waals surface area contributed by atoms with E-state index in [0.717, 1.165) is 71.6 Å². The summed E-state index contributed by atoms with van der Waals surface area (Å²) in [6.07, 6.45) is -1.04. The molecule has 0 atom stereocenters. The number of hydrogen-bond donors (Lipinski definition) is 2. The Morgan fingerprint density at radius 3 is 2.16 bits per heavy atom. The molecule has 2 heterocycles. The van der Waals surface area contributed by atoms with E-state index in [1.165, 1.54) is 11.5 Å². The SMILES string of the molecule is O=C(NC1CCN(CCCCC2(C(=O)NCC(F)(F)F)c3ccccc3-c3ccccc32)CC1)c1nnsc1-c1ccccc1. The number of carbonyl (C=O) groups is 2. The zero-order valence-corrected chi connectivity index (χ0v) is 25.5. The molecule has 1 aromatic heterocycles. The number of rotatable bonds is 10. The van der Waals surface area contributed by atoms with Gasteiger partial charge >= 0.3 is 6.18 Å². The fraction of sp³-hybridized carbons (Fsp3) is 0.353. The zero-order valence-electron chi connectivity index (χ0n) is 24.6. The number of likely N-dealkylation sites (tertiary alicyclic amines) is 1. The van der Waals surface area contributed by atoms with Crippen molar-refractivity contribution in [3.8, 4) is 21.6 Å². The molecule has 4 aromatic rings. The minimum Gasteiger partial charge on any atom is -0.348 e. The Morgan fingerprint density at radius 2 is 1.51 bits per heavy atom. The minimum atomic E-state index is -4.50. The van der Waals surface area contributed by atoms with Crippen molar-refractivity contribution in [3.63, 3.8) is 0 Å². The molecule has 2 aliphatic rings. The van der Waals surface area contributed by atoms with Crippen LogP contribution in [-0.4, -0.2) is 64.7 Å². The van der Waals surface area contributed by atoms with Gasteiger partial charge in [-0.1, -0.05) is 89.8 Å². The number of amides is 2. The second-order valence-corrected chi connectivity index (χ2v) is 12.4. The van der Waals surface area contributed by atoms with Crippen LogP contribution < -0.4 is 10.6 Å². The summed E-state index contributed by atoms with van der Waals surface area (Å²) in [4.78, 5) is 29.8. The summed E-state index contributed by atoms with van der Waals surface area (Å²) in [5.74, 6) is -0.827. The van der Waals surface area contributed by atoms with Gasteiger partial charge in [0, 0.05) is 19.1 Å². The molecule has 0 bridgehead atoms. The molecule has 1 fully saturated rings. The van der Waals surface area contributed by atoms with E-state index in [0.29, 0.717) is 18.5 Å². The summed E-state index contributed by atoms with van der Waals surface area (Å²) in [6, 6.07) is 24.7. The van der Waals surface area contributed by atoms with E-state index in [1.807, 2.05) is 78.9 Å². The van der Waals surface area contributed by atoms with Crippen LogP contribution in [0.25, 0.3) is 21.6 Å². The Kier molecular flexibility index (Phi) is 9.00. The van der Waals surface area contributed by atoms with Crippen LogP contribution in [0.5, 0.6) is 0 Å². The van der Waals surface area contributed by atoms with Crippen molar-refractivity contribution in [2.45, 2.75) is 49.7 Å². The maximum absolute atomic E-state index is 13.7. The van der Waals surface area contributed by atoms with Crippen molar-refractivity contribution < 1.29 is 22.8 Å². The fourth-order valence-corrected chi connectivity index (χ4v) is 7.35. The number of aromatic nitrogens is 2. The number of piperidine rings is 1. The van der Waals surface area contributed by atoms with Gasteiger partial charge in [-0.25, -0.2) is 0 Å². The lowest BCUT2D eigenvalue weighted by atomic mass is 9.73. The number of unbranched alkanes of at least 4 members (excludes halogenated alkanes) is 1. The van der Waals surface area contributed by atoms with E-state index in [4.69, 9.17) is 0 Å². The number of benzene rings is 3. The third-order valence-electron chi connectivity index (χ3n) is 8.84. The number of carbonyl (C=O) groups excluding carboxylic acids is 2. The molecular weight excluding hydrogens is 599 g/mol. The predicted octanol–water partition coefficient (Wildman–Crippen LogP) is 6.21. The monoisotopic (exact) mass is 633 g/mol. The minimum absolute atomic E-state index is 0.0335. The van der Waals surface area contributed by atoms with Crippen LogP contribution in [-0.2, 0) is 10.2 Å². The number of nitrogens with one attached hydrogen (secondary N) is 2. The highest BCUT2D eigenvalue weighted by Gasteiger charge is 2.49. The molecule has 0 spiro atoms. The summed E-state index contributed by atoms with van der Waals surface area (Å²) >= 11 is 1.21. The molecule has 7 nitrogen and oxygen atoms in total. The van der Waals surface area contributed by atoms with Crippen molar-refractivity contribution in [3.05, 3.63) is 95.7 Å². The summed E-state index contributed by atoms with van der Waals surface area (Å²) in [6.45, 7) is 1.07. The first kappa shape index (κ1) is 30.9. The first-order valence-corrected chi connectivity index (χ1v) is 16.0. The molecule has 0 unspecified atom stereocenters. The van der Waals surface area contributed by atoms with Gasteiger partial charge in [-0.2, -0.15) is 13.2 Å². The van der Waals surface area contributed by atoms with Gasteiger partial charge in [0.2, 0.25) is 5.91 Å². The van der Waals surface area contributed by atoms with Gasteiger partial charge in [-0.3, -0.25) is 9.59 Å². The smallest absolute Gasteiger partial charge is 0.348 e. The van der Waals surface area contributed by atoms with E-state index >= 15 is 0 Å². The second kappa shape index (κ2) is 13.1. The van der Waals surface area contributed by atoms with Crippen molar-refractivity contribution >= 4 is 23.3 Å². The maximum Gasteiger partial charge on any atom is 0.405 e. The number of fused-ring (bicyclic) bond motifs is 3. The van der Waals surface area contributed by atoms with Crippen molar-refractivity contribution in [2.75, 3.05) is 26.2 Å². The number of nitrogens with zero attached hydrogens (tertiary/aromatic N) is 3. The summed E-state index contributed by atoms with van der Waals surface area (Å²) < 4.78 is 43.4. The fourth-order valence-electron chi connectivity index (χ4n) is 6.68. The van der Waals surface area contributed by atoms with Gasteiger partial charge in [0.15, 0.2) is 5.69 Å². The molecule has 2 amide bonds. The highest BCUT2D eigenvalue weighted by atomic mass is 32.1. The van der Waals surface area contributed by atoms with Crippen LogP contribution in [0.2, 0.25) is 0 Å². The lowest BCUT2D eigenvalue weighted by Gasteiger charge is -2.33. The highest BCUT2D eigenvalue weighted by molar-refractivity contribution is 7.09. The molecule has 3 aromatic carbocycles. The van der Waals surface area contributed by atoms with Gasteiger partial charge in [0.05, 0.1) is 4.88 Å². The van der Waals surface area contributed by atoms with E-state index in [-0.39, 0.29) is 11.9 Å². The highest BCUT2D eigenvalue weighted by Crippen LogP contribution is 2.51. The standard InChI is InChI=1S/C34H34F3N5O2S/c35-34(36,37)22-38-32(44)33(27-14-6-4-12-25(27)26-13-5-7-15-28(26)33)18-8-9-19-42-20-16-24(17-21-42)39-31(43)29-30(45-41-40-29)23-10-2-1-3-11-23/h1-7,10-15,24H,8-9,16-22H2,(H,38,44)(H,39,43). The first-order chi connectivity index (χ1) is 21.8. The van der Waals surface area contributed by atoms with Crippen LogP contribution in [0.15, 0.2) is 78.9 Å². The molecule has 0 saturated carbocycles. The van der Waals surface area contributed by atoms with Crippen LogP contribution in [0, 0.1) is 0 Å². The topological polar surface area (TPSA) is 87.2 Å². The molecule has 234 valence electrons. The van der Waals surface area contributed by atoms with Gasteiger partial charge in [-0.05, 0) is 71.6 Å². The molecule has 11 heteroatoms. The van der Waals surface area contributed by atoms with Gasteiger partial charge in [0.1, 0.15) is 12.0 Å². The van der Waals surface area contributed by atoms with Crippen molar-refractivity contribution in [1.82, 2.24) is 25.1 Å². The Morgan fingerprint density at radius 1 is 0.889 bits per heavy atom. The van der Waals surface area contributed by atoms with E-state index in [2.05, 4.69) is 25.1 Å². The third-order valence-corrected chi connectivity index (χ3v) is 9.61. The Labute approximate surface area is 264 Å². The summed E-state index contributed by atoms with van der Waals surface area (Å²) in [5.41, 5.74) is 3.38. The number of hydrogen-bond acceptors (Lipinski definition) is 6. The van der Waals surface area contributed by atoms with E-state index in [1.54, 1.807) is 0 Å². The summed E-state index contributed by atoms with van der Waals surface area (Å²) in [7, 11) is 0. The molecule has 6 rings (SSSR count). The lowest BCUT2D eigenvalue weighted by Crippen LogP contribution is -2.47. The van der Waals surface area contributed by atoms with Crippen LogP contribution in [0.1, 0.15) is 53.7 Å². The molecule has 1 saturated heterocycles. The number of halogens is 3. The molecule has 1 aliphatic carbocycles. The average molecular weight is 634 g/mol. The van der Waals surface area contributed by atoms with Crippen LogP contribution in [0.3, 0.4) is 0 Å². The number of alkyl halides is 3. The Balaban J connectivity index is 1.06. The molecule has 1 aliphatic heterocycles. The summed E-state index contributed by atoms with van der Waals surface area (Å²) in [5, 5.41) is 9.42. The Hall–Kier alpha value is -4.09. The predicted molar refractivity (Wildman–Crippen MR) is 168 cm³/mol. The molecule has 2 N–H and O–H groups in total. The van der Waals surface area contributed by atoms with Crippen molar-refractivity contribution in [1.29, 1.82) is 0 Å². The molecule has 45 heavy (non-hydrogen) atoms. The Bertz CT molecular complexity index is 1610. The van der Waals surface area contributed by atoms with Gasteiger partial charge in [0.25, 0.3) is 5.91 Å². The first-order valence-electron chi connectivity index (χ1n) is 15.2. The van der Waals surface area contributed by atoms with Crippen LogP contribution >= 0.6 is 11.5 Å². The third kappa shape index (κ3) is 6.50.